The van der Waals surface area contributed by atoms with Crippen molar-refractivity contribution in [3.05, 3.63) is 64.7 Å². The minimum absolute atomic E-state index is 0.195. The minimum Gasteiger partial charge on any atom is -0.306 e. The number of nitriles is 1. The molecule has 29 heavy (non-hydrogen) atoms. The second-order valence-electron chi connectivity index (χ2n) is 6.73. The molecule has 5 nitrogen and oxygen atoms in total. The van der Waals surface area contributed by atoms with Crippen molar-refractivity contribution in [2.24, 2.45) is 11.0 Å². The molecule has 0 radical (unpaired) electrons. The molecule has 0 spiro atoms. The van der Waals surface area contributed by atoms with E-state index in [1.54, 1.807) is 24.3 Å². The van der Waals surface area contributed by atoms with Crippen LogP contribution in [0.3, 0.4) is 0 Å². The molecule has 0 saturated carbocycles. The lowest BCUT2D eigenvalue weighted by molar-refractivity contribution is 0.215. The maximum Gasteiger partial charge on any atom is 0.342 e. The molecule has 1 heterocycles. The first-order valence-electron chi connectivity index (χ1n) is 9.61. The van der Waals surface area contributed by atoms with Gasteiger partial charge in [0.15, 0.2) is 0 Å². The smallest absolute Gasteiger partial charge is 0.306 e. The van der Waals surface area contributed by atoms with E-state index in [9.17, 15) is 4.79 Å². The number of thioether (sulfide) groups is 1. The topological polar surface area (TPSA) is 68.5 Å². The predicted octanol–water partition coefficient (Wildman–Crippen LogP) is 5.61. The van der Waals surface area contributed by atoms with E-state index in [0.29, 0.717) is 22.8 Å². The van der Waals surface area contributed by atoms with Crippen LogP contribution in [0.15, 0.2) is 53.6 Å². The number of halogens is 1. The van der Waals surface area contributed by atoms with Gasteiger partial charge in [0.05, 0.1) is 23.9 Å². The fourth-order valence-electron chi connectivity index (χ4n) is 3.21. The summed E-state index contributed by atoms with van der Waals surface area (Å²) < 4.78 is 0. The molecule has 1 unspecified atom stereocenters. The fourth-order valence-corrected chi connectivity index (χ4v) is 4.00. The summed E-state index contributed by atoms with van der Waals surface area (Å²) in [6.07, 6.45) is 2.07. The van der Waals surface area contributed by atoms with E-state index in [2.05, 4.69) is 23.4 Å². The third-order valence-corrected chi connectivity index (χ3v) is 5.93. The van der Waals surface area contributed by atoms with E-state index >= 15 is 0 Å². The molecule has 0 aromatic heterocycles. The zero-order chi connectivity index (χ0) is 20.6. The van der Waals surface area contributed by atoms with Crippen LogP contribution in [0, 0.1) is 17.2 Å². The van der Waals surface area contributed by atoms with Gasteiger partial charge in [0.25, 0.3) is 0 Å². The monoisotopic (exact) mass is 426 g/mol. The highest BCUT2D eigenvalue weighted by molar-refractivity contribution is 7.99. The van der Waals surface area contributed by atoms with Crippen molar-refractivity contribution < 1.29 is 4.79 Å². The predicted molar refractivity (Wildman–Crippen MR) is 121 cm³/mol. The number of benzene rings is 2. The van der Waals surface area contributed by atoms with E-state index in [-0.39, 0.29) is 11.9 Å². The number of hydrazone groups is 1. The number of hydrogen-bond donors (Lipinski definition) is 1. The van der Waals surface area contributed by atoms with Crippen molar-refractivity contribution in [3.8, 4) is 6.07 Å². The summed E-state index contributed by atoms with van der Waals surface area (Å²) in [7, 11) is 0. The van der Waals surface area contributed by atoms with E-state index < -0.39 is 0 Å². The van der Waals surface area contributed by atoms with Crippen molar-refractivity contribution in [1.82, 2.24) is 5.01 Å². The van der Waals surface area contributed by atoms with Crippen molar-refractivity contribution >= 4 is 40.8 Å². The molecule has 0 saturated heterocycles. The number of nitrogens with zero attached hydrogens (tertiary/aromatic N) is 3. The number of nitrogens with one attached hydrogen (secondary N) is 1. The molecule has 3 rings (SSSR count). The lowest BCUT2D eigenvalue weighted by atomic mass is 9.93. The van der Waals surface area contributed by atoms with Crippen molar-refractivity contribution in [2.45, 2.75) is 19.8 Å². The summed E-state index contributed by atoms with van der Waals surface area (Å²) in [5, 5.41) is 18.6. The van der Waals surface area contributed by atoms with E-state index in [4.69, 9.17) is 16.9 Å². The van der Waals surface area contributed by atoms with E-state index in [0.717, 1.165) is 35.6 Å². The Balaban J connectivity index is 1.72. The number of rotatable bonds is 7. The number of amides is 2. The molecule has 1 aliphatic rings. The Labute approximate surface area is 180 Å². The maximum atomic E-state index is 12.7. The van der Waals surface area contributed by atoms with Crippen LogP contribution in [0.4, 0.5) is 10.5 Å². The van der Waals surface area contributed by atoms with Gasteiger partial charge in [-0.15, -0.1) is 0 Å². The molecule has 1 aliphatic heterocycles. The van der Waals surface area contributed by atoms with E-state index in [1.165, 1.54) is 5.01 Å². The Morgan fingerprint density at radius 3 is 2.66 bits per heavy atom. The van der Waals surface area contributed by atoms with Gasteiger partial charge in [-0.2, -0.15) is 22.1 Å². The fraction of sp³-hybridized carbons (Fsp3) is 0.318. The quantitative estimate of drug-likeness (QED) is 0.584. The van der Waals surface area contributed by atoms with Crippen LogP contribution < -0.4 is 5.32 Å². The normalized spacial score (nSPS) is 15.7. The number of carbonyl (C=O) groups is 1. The number of carbonyl (C=O) groups excluding carboxylic acids is 1. The largest absolute Gasteiger partial charge is 0.342 e. The second kappa shape index (κ2) is 10.3. The molecular weight excluding hydrogens is 404 g/mol. The number of urea groups is 1. The van der Waals surface area contributed by atoms with Crippen LogP contribution in [0.25, 0.3) is 0 Å². The first-order chi connectivity index (χ1) is 14.1. The van der Waals surface area contributed by atoms with Gasteiger partial charge >= 0.3 is 6.03 Å². The van der Waals surface area contributed by atoms with Crippen LogP contribution in [0.5, 0.6) is 0 Å². The second-order valence-corrected chi connectivity index (χ2v) is 8.56. The molecule has 2 aromatic carbocycles. The molecule has 2 amide bonds. The summed E-state index contributed by atoms with van der Waals surface area (Å²) in [6.45, 7) is 2.72. The van der Waals surface area contributed by atoms with Crippen LogP contribution in [0.1, 0.15) is 30.9 Å². The molecule has 7 heteroatoms. The molecule has 1 atom stereocenters. The van der Waals surface area contributed by atoms with Gasteiger partial charge in [-0.3, -0.25) is 0 Å². The lowest BCUT2D eigenvalue weighted by Crippen LogP contribution is -2.30. The highest BCUT2D eigenvalue weighted by atomic mass is 35.5. The molecule has 150 valence electrons. The first kappa shape index (κ1) is 21.2. The van der Waals surface area contributed by atoms with Crippen LogP contribution in [-0.2, 0) is 0 Å². The molecule has 0 aliphatic carbocycles. The van der Waals surface area contributed by atoms with Gasteiger partial charge in [0.1, 0.15) is 0 Å². The molecular formula is C22H23ClN4OS. The van der Waals surface area contributed by atoms with Crippen molar-refractivity contribution in [1.29, 1.82) is 5.26 Å². The zero-order valence-electron chi connectivity index (χ0n) is 16.3. The molecule has 0 fully saturated rings. The molecule has 2 aromatic rings. The Morgan fingerprint density at radius 2 is 2.00 bits per heavy atom. The molecule has 1 N–H and O–H groups in total. The standard InChI is InChI=1S/C22H23ClN4OS/c1-2-29-13-3-4-18-15-27(26-21(18)17-7-9-19(23)10-8-17)22(28)25-20-11-5-16(14-24)6-12-20/h5-12,18H,2-4,13,15H2,1H3,(H,25,28). The van der Waals surface area contributed by atoms with E-state index in [1.807, 2.05) is 36.0 Å². The summed E-state index contributed by atoms with van der Waals surface area (Å²) in [6, 6.07) is 16.2. The summed E-state index contributed by atoms with van der Waals surface area (Å²) in [5.41, 5.74) is 3.12. The zero-order valence-corrected chi connectivity index (χ0v) is 17.8. The average Bonchev–Trinajstić information content (AvgIpc) is 3.17. The summed E-state index contributed by atoms with van der Waals surface area (Å²) >= 11 is 7.96. The van der Waals surface area contributed by atoms with Crippen LogP contribution in [-0.4, -0.2) is 34.8 Å². The number of anilines is 1. The Kier molecular flexibility index (Phi) is 7.56. The Morgan fingerprint density at radius 1 is 1.28 bits per heavy atom. The summed E-state index contributed by atoms with van der Waals surface area (Å²) in [5.74, 6) is 2.42. The third kappa shape index (κ3) is 5.75. The summed E-state index contributed by atoms with van der Waals surface area (Å²) in [4.78, 5) is 12.7. The Bertz CT molecular complexity index is 906. The molecule has 0 bridgehead atoms. The number of hydrogen-bond acceptors (Lipinski definition) is 4. The highest BCUT2D eigenvalue weighted by Crippen LogP contribution is 2.26. The van der Waals surface area contributed by atoms with Gasteiger partial charge in [-0.05, 0) is 66.3 Å². The third-order valence-electron chi connectivity index (χ3n) is 4.69. The van der Waals surface area contributed by atoms with Gasteiger partial charge in [-0.1, -0.05) is 30.7 Å². The Hall–Kier alpha value is -2.49. The van der Waals surface area contributed by atoms with Gasteiger partial charge in [-0.25, -0.2) is 9.80 Å². The maximum absolute atomic E-state index is 12.7. The van der Waals surface area contributed by atoms with Gasteiger partial charge < -0.3 is 5.32 Å². The average molecular weight is 427 g/mol. The van der Waals surface area contributed by atoms with Crippen LogP contribution in [0.2, 0.25) is 5.02 Å². The van der Waals surface area contributed by atoms with Crippen LogP contribution >= 0.6 is 23.4 Å². The van der Waals surface area contributed by atoms with Crippen molar-refractivity contribution in [2.75, 3.05) is 23.4 Å². The van der Waals surface area contributed by atoms with Gasteiger partial charge in [0, 0.05) is 16.6 Å². The minimum atomic E-state index is -0.272. The highest BCUT2D eigenvalue weighted by Gasteiger charge is 2.30. The SMILES string of the molecule is CCSCCCC1CN(C(=O)Nc2ccc(C#N)cc2)N=C1c1ccc(Cl)cc1. The first-order valence-corrected chi connectivity index (χ1v) is 11.1. The van der Waals surface area contributed by atoms with Crippen molar-refractivity contribution in [3.63, 3.8) is 0 Å². The lowest BCUT2D eigenvalue weighted by Gasteiger charge is -2.15. The van der Waals surface area contributed by atoms with Gasteiger partial charge in [0.2, 0.25) is 0 Å².